The first-order valence-corrected chi connectivity index (χ1v) is 7.57. The topological polar surface area (TPSA) is 61.8 Å². The fraction of sp³-hybridized carbons (Fsp3) is 0.562. The van der Waals surface area contributed by atoms with Gasteiger partial charge in [0.15, 0.2) is 0 Å². The Morgan fingerprint density at radius 1 is 1.48 bits per heavy atom. The average molecular weight is 292 g/mol. The molecule has 0 bridgehead atoms. The van der Waals surface area contributed by atoms with Crippen LogP contribution in [0.1, 0.15) is 19.8 Å². The van der Waals surface area contributed by atoms with Crippen LogP contribution in [0.25, 0.3) is 0 Å². The van der Waals surface area contributed by atoms with Crippen molar-refractivity contribution in [1.82, 2.24) is 4.90 Å². The monoisotopic (exact) mass is 292 g/mol. The van der Waals surface area contributed by atoms with Crippen LogP contribution in [0.5, 0.6) is 5.75 Å². The number of carbonyl (C=O) groups excluding carboxylic acids is 1. The fourth-order valence-corrected chi connectivity index (χ4v) is 2.72. The maximum absolute atomic E-state index is 12.1. The molecule has 0 saturated carbocycles. The van der Waals surface area contributed by atoms with Crippen molar-refractivity contribution in [1.29, 1.82) is 0 Å². The van der Waals surface area contributed by atoms with Crippen LogP contribution in [-0.4, -0.2) is 48.8 Å². The molecule has 1 fully saturated rings. The van der Waals surface area contributed by atoms with Crippen LogP contribution in [0.2, 0.25) is 0 Å². The van der Waals surface area contributed by atoms with Crippen molar-refractivity contribution in [2.75, 3.05) is 38.2 Å². The van der Waals surface area contributed by atoms with Gasteiger partial charge in [0.2, 0.25) is 5.91 Å². The molecular weight excluding hydrogens is 268 g/mol. The summed E-state index contributed by atoms with van der Waals surface area (Å²) in [5.74, 6) is 1.19. The van der Waals surface area contributed by atoms with Crippen LogP contribution in [0.4, 0.5) is 5.69 Å². The predicted molar refractivity (Wildman–Crippen MR) is 82.5 cm³/mol. The van der Waals surface area contributed by atoms with Crippen molar-refractivity contribution in [2.24, 2.45) is 5.92 Å². The van der Waals surface area contributed by atoms with Gasteiger partial charge in [-0.25, -0.2) is 0 Å². The molecule has 21 heavy (non-hydrogen) atoms. The summed E-state index contributed by atoms with van der Waals surface area (Å²) in [7, 11) is 0. The summed E-state index contributed by atoms with van der Waals surface area (Å²) in [4.78, 5) is 14.3. The van der Waals surface area contributed by atoms with Gasteiger partial charge >= 0.3 is 0 Å². The third-order valence-corrected chi connectivity index (χ3v) is 3.74. The normalized spacial score (nSPS) is 18.7. The average Bonchev–Trinajstić information content (AvgIpc) is 2.89. The summed E-state index contributed by atoms with van der Waals surface area (Å²) in [6.07, 6.45) is 1.88. The number of anilines is 1. The van der Waals surface area contributed by atoms with Crippen LogP contribution in [0, 0.1) is 5.92 Å². The van der Waals surface area contributed by atoms with E-state index in [4.69, 9.17) is 9.84 Å². The zero-order valence-corrected chi connectivity index (χ0v) is 12.5. The molecule has 2 rings (SSSR count). The van der Waals surface area contributed by atoms with E-state index >= 15 is 0 Å². The second-order valence-electron chi connectivity index (χ2n) is 5.38. The highest BCUT2D eigenvalue weighted by molar-refractivity contribution is 5.93. The van der Waals surface area contributed by atoms with E-state index in [9.17, 15) is 4.79 Å². The number of nitrogens with zero attached hydrogens (tertiary/aromatic N) is 1. The van der Waals surface area contributed by atoms with E-state index < -0.39 is 0 Å². The summed E-state index contributed by atoms with van der Waals surface area (Å²) in [6.45, 7) is 4.92. The molecule has 0 aliphatic carbocycles. The molecule has 0 radical (unpaired) electrons. The molecule has 116 valence electrons. The lowest BCUT2D eigenvalue weighted by atomic mass is 10.1. The third kappa shape index (κ3) is 4.72. The Labute approximate surface area is 125 Å². The number of nitrogens with one attached hydrogen (secondary N) is 1. The number of ether oxygens (including phenoxy) is 1. The molecule has 1 atom stereocenters. The molecule has 0 aromatic heterocycles. The van der Waals surface area contributed by atoms with E-state index in [-0.39, 0.29) is 12.5 Å². The van der Waals surface area contributed by atoms with Gasteiger partial charge in [0.05, 0.1) is 18.8 Å². The molecule has 1 amide bonds. The van der Waals surface area contributed by atoms with Crippen molar-refractivity contribution in [2.45, 2.75) is 19.8 Å². The van der Waals surface area contributed by atoms with E-state index in [1.54, 1.807) is 0 Å². The zero-order chi connectivity index (χ0) is 15.1. The standard InChI is InChI=1S/C16H24N2O3/c1-2-21-15-6-4-3-5-14(15)17-16(20)12-18-9-7-13(11-18)8-10-19/h3-6,13,19H,2,7-12H2,1H3,(H,17,20). The van der Waals surface area contributed by atoms with Crippen LogP contribution in [0.15, 0.2) is 24.3 Å². The lowest BCUT2D eigenvalue weighted by Crippen LogP contribution is -2.31. The van der Waals surface area contributed by atoms with Gasteiger partial charge in [0, 0.05) is 13.2 Å². The minimum Gasteiger partial charge on any atom is -0.492 e. The molecule has 1 saturated heterocycles. The maximum Gasteiger partial charge on any atom is 0.238 e. The first-order valence-electron chi connectivity index (χ1n) is 7.57. The van der Waals surface area contributed by atoms with Gasteiger partial charge in [-0.05, 0) is 44.4 Å². The summed E-state index contributed by atoms with van der Waals surface area (Å²) >= 11 is 0. The first kappa shape index (κ1) is 15.8. The van der Waals surface area contributed by atoms with Gasteiger partial charge < -0.3 is 15.2 Å². The van der Waals surface area contributed by atoms with Gasteiger partial charge in [-0.1, -0.05) is 12.1 Å². The number of likely N-dealkylation sites (tertiary alicyclic amines) is 1. The smallest absolute Gasteiger partial charge is 0.238 e. The van der Waals surface area contributed by atoms with Crippen molar-refractivity contribution >= 4 is 11.6 Å². The fourth-order valence-electron chi connectivity index (χ4n) is 2.72. The minimum atomic E-state index is -0.0215. The highest BCUT2D eigenvalue weighted by Gasteiger charge is 2.23. The molecule has 1 heterocycles. The Morgan fingerprint density at radius 2 is 2.29 bits per heavy atom. The Kier molecular flexibility index (Phi) is 6.02. The molecule has 5 nitrogen and oxygen atoms in total. The van der Waals surface area contributed by atoms with Crippen LogP contribution in [0.3, 0.4) is 0 Å². The Hall–Kier alpha value is -1.59. The van der Waals surface area contributed by atoms with E-state index in [2.05, 4.69) is 10.2 Å². The van der Waals surface area contributed by atoms with Gasteiger partial charge in [0.25, 0.3) is 0 Å². The zero-order valence-electron chi connectivity index (χ0n) is 12.5. The van der Waals surface area contributed by atoms with Crippen molar-refractivity contribution < 1.29 is 14.6 Å². The van der Waals surface area contributed by atoms with Crippen molar-refractivity contribution in [3.05, 3.63) is 24.3 Å². The van der Waals surface area contributed by atoms with Gasteiger partial charge in [-0.3, -0.25) is 9.69 Å². The second-order valence-corrected chi connectivity index (χ2v) is 5.38. The lowest BCUT2D eigenvalue weighted by Gasteiger charge is -2.16. The molecule has 5 heteroatoms. The summed E-state index contributed by atoms with van der Waals surface area (Å²) in [5, 5.41) is 11.9. The van der Waals surface area contributed by atoms with Gasteiger partial charge in [-0.15, -0.1) is 0 Å². The quantitative estimate of drug-likeness (QED) is 0.803. The SMILES string of the molecule is CCOc1ccccc1NC(=O)CN1CCC(CCO)C1. The number of carbonyl (C=O) groups is 1. The predicted octanol–water partition coefficient (Wildman–Crippen LogP) is 1.73. The minimum absolute atomic E-state index is 0.0215. The van der Waals surface area contributed by atoms with Crippen molar-refractivity contribution in [3.8, 4) is 5.75 Å². The lowest BCUT2D eigenvalue weighted by molar-refractivity contribution is -0.117. The highest BCUT2D eigenvalue weighted by atomic mass is 16.5. The molecule has 1 aliphatic rings. The number of hydrogen-bond donors (Lipinski definition) is 2. The molecule has 1 aromatic rings. The third-order valence-electron chi connectivity index (χ3n) is 3.74. The number of benzene rings is 1. The van der Waals surface area contributed by atoms with Crippen LogP contribution >= 0.6 is 0 Å². The number of aliphatic hydroxyl groups is 1. The second kappa shape index (κ2) is 8.00. The number of amides is 1. The van der Waals surface area contributed by atoms with Crippen LogP contribution < -0.4 is 10.1 Å². The summed E-state index contributed by atoms with van der Waals surface area (Å²) in [6, 6.07) is 7.47. The van der Waals surface area contributed by atoms with E-state index in [0.717, 1.165) is 31.6 Å². The summed E-state index contributed by atoms with van der Waals surface area (Å²) in [5.41, 5.74) is 0.718. The highest BCUT2D eigenvalue weighted by Crippen LogP contribution is 2.24. The van der Waals surface area contributed by atoms with E-state index in [1.807, 2.05) is 31.2 Å². The first-order chi connectivity index (χ1) is 10.2. The van der Waals surface area contributed by atoms with E-state index in [1.165, 1.54) is 0 Å². The molecule has 0 spiro atoms. The van der Waals surface area contributed by atoms with Gasteiger partial charge in [0.1, 0.15) is 5.75 Å². The number of para-hydroxylation sites is 2. The number of hydrogen-bond acceptors (Lipinski definition) is 4. The Bertz CT molecular complexity index is 465. The number of rotatable bonds is 7. The molecular formula is C16H24N2O3. The summed E-state index contributed by atoms with van der Waals surface area (Å²) < 4.78 is 5.50. The largest absolute Gasteiger partial charge is 0.492 e. The molecule has 1 aliphatic heterocycles. The molecule has 1 unspecified atom stereocenters. The Morgan fingerprint density at radius 3 is 3.05 bits per heavy atom. The Balaban J connectivity index is 1.85. The maximum atomic E-state index is 12.1. The van der Waals surface area contributed by atoms with Crippen molar-refractivity contribution in [3.63, 3.8) is 0 Å². The number of aliphatic hydroxyl groups excluding tert-OH is 1. The molecule has 1 aromatic carbocycles. The van der Waals surface area contributed by atoms with Crippen LogP contribution in [-0.2, 0) is 4.79 Å². The van der Waals surface area contributed by atoms with E-state index in [0.29, 0.717) is 24.8 Å². The molecule has 2 N–H and O–H groups in total. The van der Waals surface area contributed by atoms with Gasteiger partial charge in [-0.2, -0.15) is 0 Å².